The normalized spacial score (nSPS) is 12.6. The van der Waals surface area contributed by atoms with Crippen molar-refractivity contribution >= 4 is 10.0 Å². The summed E-state index contributed by atoms with van der Waals surface area (Å²) in [6, 6.07) is 3.05. The van der Waals surface area contributed by atoms with Crippen LogP contribution in [0.5, 0.6) is 0 Å². The second-order valence-corrected chi connectivity index (χ2v) is 6.62. The topological polar surface area (TPSA) is 71.8 Å². The van der Waals surface area contributed by atoms with E-state index in [9.17, 15) is 8.42 Å². The van der Waals surface area contributed by atoms with Crippen LogP contribution < -0.4 is 5.48 Å². The van der Waals surface area contributed by atoms with E-state index >= 15 is 0 Å². The average molecular weight is 276 g/mol. The van der Waals surface area contributed by atoms with Crippen molar-refractivity contribution in [3.63, 3.8) is 0 Å². The largest absolute Gasteiger partial charge is 0.447 e. The molecular weight excluding hydrogens is 256 g/mol. The SMILES string of the molecule is CC(C)CONCc1ccc(S(=O)(=O)N(C)C)o1. The van der Waals surface area contributed by atoms with Gasteiger partial charge in [0.2, 0.25) is 5.09 Å². The lowest BCUT2D eigenvalue weighted by Crippen LogP contribution is -2.21. The molecule has 0 saturated carbocycles. The van der Waals surface area contributed by atoms with Gasteiger partial charge in [-0.25, -0.2) is 12.7 Å². The van der Waals surface area contributed by atoms with Crippen LogP contribution in [0.15, 0.2) is 21.6 Å². The van der Waals surface area contributed by atoms with Crippen LogP contribution in [0.4, 0.5) is 0 Å². The second-order valence-electron chi connectivity index (χ2n) is 4.53. The van der Waals surface area contributed by atoms with Crippen LogP contribution in [0.2, 0.25) is 0 Å². The molecule has 0 bridgehead atoms. The zero-order chi connectivity index (χ0) is 13.8. The van der Waals surface area contributed by atoms with Gasteiger partial charge < -0.3 is 9.25 Å². The second kappa shape index (κ2) is 6.33. The highest BCUT2D eigenvalue weighted by atomic mass is 32.2. The molecule has 7 heteroatoms. The molecule has 0 aliphatic carbocycles. The lowest BCUT2D eigenvalue weighted by atomic mass is 10.2. The molecule has 0 aromatic carbocycles. The number of nitrogens with zero attached hydrogens (tertiary/aromatic N) is 1. The molecule has 0 amide bonds. The summed E-state index contributed by atoms with van der Waals surface area (Å²) < 4.78 is 29.8. The van der Waals surface area contributed by atoms with Gasteiger partial charge in [-0.2, -0.15) is 5.48 Å². The third kappa shape index (κ3) is 4.09. The van der Waals surface area contributed by atoms with Crippen molar-refractivity contribution in [3.05, 3.63) is 17.9 Å². The first kappa shape index (κ1) is 15.2. The van der Waals surface area contributed by atoms with Crippen LogP contribution in [-0.4, -0.2) is 33.4 Å². The van der Waals surface area contributed by atoms with E-state index < -0.39 is 10.0 Å². The summed E-state index contributed by atoms with van der Waals surface area (Å²) in [5, 5.41) is -0.0619. The third-order valence-electron chi connectivity index (χ3n) is 2.14. The quantitative estimate of drug-likeness (QED) is 0.598. The Labute approximate surface area is 108 Å². The first-order chi connectivity index (χ1) is 8.34. The summed E-state index contributed by atoms with van der Waals surface area (Å²) in [4.78, 5) is 5.17. The maximum Gasteiger partial charge on any atom is 0.275 e. The number of hydrogen-bond acceptors (Lipinski definition) is 5. The van der Waals surface area contributed by atoms with Gasteiger partial charge in [-0.3, -0.25) is 0 Å². The minimum atomic E-state index is -3.50. The Morgan fingerprint density at radius 3 is 2.61 bits per heavy atom. The summed E-state index contributed by atoms with van der Waals surface area (Å²) in [7, 11) is -0.582. The highest BCUT2D eigenvalue weighted by Crippen LogP contribution is 2.16. The fourth-order valence-corrected chi connectivity index (χ4v) is 1.93. The molecular formula is C11H20N2O4S. The van der Waals surface area contributed by atoms with Crippen LogP contribution in [-0.2, 0) is 21.4 Å². The Morgan fingerprint density at radius 1 is 1.39 bits per heavy atom. The minimum absolute atomic E-state index is 0.0619. The summed E-state index contributed by atoms with van der Waals surface area (Å²) in [5.74, 6) is 0.943. The van der Waals surface area contributed by atoms with E-state index in [0.29, 0.717) is 24.8 Å². The van der Waals surface area contributed by atoms with Gasteiger partial charge >= 0.3 is 0 Å². The van der Waals surface area contributed by atoms with Gasteiger partial charge in [0, 0.05) is 14.1 Å². The van der Waals surface area contributed by atoms with Crippen LogP contribution in [0.25, 0.3) is 0 Å². The number of sulfonamides is 1. The molecule has 0 aliphatic heterocycles. The number of hydrogen-bond donors (Lipinski definition) is 1. The molecule has 1 aromatic heterocycles. The van der Waals surface area contributed by atoms with Gasteiger partial charge in [-0.05, 0) is 18.1 Å². The molecule has 0 spiro atoms. The number of nitrogens with one attached hydrogen (secondary N) is 1. The Hall–Kier alpha value is -0.890. The number of furan rings is 1. The van der Waals surface area contributed by atoms with Crippen molar-refractivity contribution in [3.8, 4) is 0 Å². The van der Waals surface area contributed by atoms with Crippen molar-refractivity contribution < 1.29 is 17.7 Å². The molecule has 104 valence electrons. The number of rotatable bonds is 7. The first-order valence-corrected chi connectivity index (χ1v) is 7.14. The van der Waals surface area contributed by atoms with Crippen LogP contribution in [0, 0.1) is 5.92 Å². The molecule has 0 fully saturated rings. The summed E-state index contributed by atoms with van der Waals surface area (Å²) >= 11 is 0. The molecule has 0 aliphatic rings. The van der Waals surface area contributed by atoms with Crippen molar-refractivity contribution in [2.75, 3.05) is 20.7 Å². The molecule has 0 saturated heterocycles. The van der Waals surface area contributed by atoms with E-state index in [0.717, 1.165) is 4.31 Å². The molecule has 1 aromatic rings. The first-order valence-electron chi connectivity index (χ1n) is 5.70. The highest BCUT2D eigenvalue weighted by molar-refractivity contribution is 7.88. The minimum Gasteiger partial charge on any atom is -0.447 e. The lowest BCUT2D eigenvalue weighted by molar-refractivity contribution is 0.0160. The van der Waals surface area contributed by atoms with E-state index in [-0.39, 0.29) is 5.09 Å². The van der Waals surface area contributed by atoms with Gasteiger partial charge in [0.15, 0.2) is 0 Å². The van der Waals surface area contributed by atoms with Crippen LogP contribution in [0.3, 0.4) is 0 Å². The van der Waals surface area contributed by atoms with Crippen LogP contribution in [0.1, 0.15) is 19.6 Å². The zero-order valence-electron chi connectivity index (χ0n) is 11.1. The maximum absolute atomic E-state index is 11.7. The molecule has 0 unspecified atom stereocenters. The maximum atomic E-state index is 11.7. The Morgan fingerprint density at radius 2 is 2.06 bits per heavy atom. The van der Waals surface area contributed by atoms with Gasteiger partial charge in [-0.15, -0.1) is 0 Å². The summed E-state index contributed by atoms with van der Waals surface area (Å²) in [6.07, 6.45) is 0. The summed E-state index contributed by atoms with van der Waals surface area (Å²) in [5.41, 5.74) is 2.72. The molecule has 18 heavy (non-hydrogen) atoms. The van der Waals surface area contributed by atoms with Crippen molar-refractivity contribution in [1.29, 1.82) is 0 Å². The Kier molecular flexibility index (Phi) is 5.33. The van der Waals surface area contributed by atoms with E-state index in [2.05, 4.69) is 5.48 Å². The van der Waals surface area contributed by atoms with Gasteiger partial charge in [-0.1, -0.05) is 13.8 Å². The molecule has 0 radical (unpaired) electrons. The number of hydroxylamine groups is 1. The Balaban J connectivity index is 2.54. The van der Waals surface area contributed by atoms with Crippen molar-refractivity contribution in [2.24, 2.45) is 5.92 Å². The predicted molar refractivity (Wildman–Crippen MR) is 67.2 cm³/mol. The van der Waals surface area contributed by atoms with Gasteiger partial charge in [0.25, 0.3) is 10.0 Å². The average Bonchev–Trinajstić information content (AvgIpc) is 2.73. The fraction of sp³-hybridized carbons (Fsp3) is 0.636. The highest BCUT2D eigenvalue weighted by Gasteiger charge is 2.21. The van der Waals surface area contributed by atoms with E-state index in [1.165, 1.54) is 20.2 Å². The van der Waals surface area contributed by atoms with Crippen LogP contribution >= 0.6 is 0 Å². The molecule has 0 atom stereocenters. The van der Waals surface area contributed by atoms with Crippen molar-refractivity contribution in [1.82, 2.24) is 9.79 Å². The van der Waals surface area contributed by atoms with Gasteiger partial charge in [0.05, 0.1) is 13.2 Å². The third-order valence-corrected chi connectivity index (χ3v) is 3.83. The Bertz CT molecular complexity index is 465. The smallest absolute Gasteiger partial charge is 0.275 e. The fourth-order valence-electron chi connectivity index (χ4n) is 1.12. The standard InChI is InChI=1S/C11H20N2O4S/c1-9(2)8-16-12-7-10-5-6-11(17-10)18(14,15)13(3)4/h5-6,9,12H,7-8H2,1-4H3. The monoisotopic (exact) mass is 276 g/mol. The molecule has 6 nitrogen and oxygen atoms in total. The van der Waals surface area contributed by atoms with Crippen molar-refractivity contribution in [2.45, 2.75) is 25.5 Å². The lowest BCUT2D eigenvalue weighted by Gasteiger charge is -2.08. The predicted octanol–water partition coefficient (Wildman–Crippen LogP) is 1.21. The molecule has 1 heterocycles. The molecule has 1 rings (SSSR count). The summed E-state index contributed by atoms with van der Waals surface area (Å²) in [6.45, 7) is 4.99. The van der Waals surface area contributed by atoms with Gasteiger partial charge in [0.1, 0.15) is 5.76 Å². The van der Waals surface area contributed by atoms with E-state index in [1.807, 2.05) is 13.8 Å². The van der Waals surface area contributed by atoms with E-state index in [1.54, 1.807) is 6.07 Å². The zero-order valence-corrected chi connectivity index (χ0v) is 12.0. The van der Waals surface area contributed by atoms with E-state index in [4.69, 9.17) is 9.25 Å². The molecule has 1 N–H and O–H groups in total.